The molecule has 0 unspecified atom stereocenters. The summed E-state index contributed by atoms with van der Waals surface area (Å²) in [4.78, 5) is 12.4. The summed E-state index contributed by atoms with van der Waals surface area (Å²) in [6, 6.07) is 9.84. The fourth-order valence-electron chi connectivity index (χ4n) is 4.14. The van der Waals surface area contributed by atoms with E-state index in [2.05, 4.69) is 0 Å². The van der Waals surface area contributed by atoms with Gasteiger partial charge < -0.3 is 59.8 Å². The van der Waals surface area contributed by atoms with Crippen molar-refractivity contribution in [2.24, 2.45) is 0 Å². The zero-order chi connectivity index (χ0) is 28.3. The Labute approximate surface area is 222 Å². The van der Waals surface area contributed by atoms with E-state index in [4.69, 9.17) is 18.9 Å². The molecule has 13 heteroatoms. The molecule has 0 bridgehead atoms. The van der Waals surface area contributed by atoms with E-state index in [-0.39, 0.29) is 22.8 Å². The van der Waals surface area contributed by atoms with E-state index >= 15 is 0 Å². The average molecular weight is 551 g/mol. The molecule has 39 heavy (non-hydrogen) atoms. The van der Waals surface area contributed by atoms with Gasteiger partial charge in [0.05, 0.1) is 25.4 Å². The maximum absolute atomic E-state index is 12.4. The van der Waals surface area contributed by atoms with Gasteiger partial charge in [-0.05, 0) is 35.9 Å². The van der Waals surface area contributed by atoms with Crippen molar-refractivity contribution in [3.63, 3.8) is 0 Å². The summed E-state index contributed by atoms with van der Waals surface area (Å²) in [7, 11) is 0. The van der Waals surface area contributed by atoms with Gasteiger partial charge in [-0.2, -0.15) is 0 Å². The highest BCUT2D eigenvalue weighted by Gasteiger charge is 2.53. The number of rotatable bonds is 9. The second-order valence-electron chi connectivity index (χ2n) is 9.28. The summed E-state index contributed by atoms with van der Waals surface area (Å²) in [5.41, 5.74) is -1.39. The van der Waals surface area contributed by atoms with Gasteiger partial charge in [0.2, 0.25) is 6.29 Å². The van der Waals surface area contributed by atoms with Crippen LogP contribution in [0.4, 0.5) is 0 Å². The number of hydrogen-bond donors (Lipinski definition) is 8. The lowest BCUT2D eigenvalue weighted by atomic mass is 9.98. The maximum atomic E-state index is 12.4. The van der Waals surface area contributed by atoms with Gasteiger partial charge in [0, 0.05) is 6.07 Å². The van der Waals surface area contributed by atoms with Gasteiger partial charge in [0.1, 0.15) is 47.3 Å². The first-order chi connectivity index (χ1) is 18.6. The van der Waals surface area contributed by atoms with Crippen molar-refractivity contribution in [1.29, 1.82) is 0 Å². The summed E-state index contributed by atoms with van der Waals surface area (Å²) in [5, 5.41) is 79.6. The number of aliphatic hydroxyl groups is 6. The van der Waals surface area contributed by atoms with Gasteiger partial charge in [-0.25, -0.2) is 0 Å². The number of aliphatic hydroxyl groups excluding tert-OH is 5. The average Bonchev–Trinajstić information content (AvgIpc) is 3.21. The highest BCUT2D eigenvalue weighted by molar-refractivity contribution is 6.08. The van der Waals surface area contributed by atoms with E-state index < -0.39 is 74.3 Å². The molecule has 0 aromatic heterocycles. The van der Waals surface area contributed by atoms with Gasteiger partial charge in [0.25, 0.3) is 0 Å². The second-order valence-corrected chi connectivity index (χ2v) is 9.28. The van der Waals surface area contributed by atoms with Crippen molar-refractivity contribution in [2.75, 3.05) is 19.8 Å². The molecule has 2 aromatic carbocycles. The molecule has 2 fully saturated rings. The lowest BCUT2D eigenvalue weighted by molar-refractivity contribution is -0.318. The van der Waals surface area contributed by atoms with Crippen LogP contribution in [0.5, 0.6) is 17.2 Å². The third-order valence-corrected chi connectivity index (χ3v) is 6.50. The standard InChI is InChI=1S/C26H30O13/c27-10-19-20(32)21(33)22(39-25-23(34)26(35,11-28)12-36-25)24(38-19)37-15-5-1-13(2-6-15)3-8-17(30)16-7-4-14(29)9-18(16)31/h1-9,19-25,27-29,31-35H,10-12H2/b8-3+/t19-,20-,21+,22-,23+,24-,25+,26-/m0/s1. The zero-order valence-electron chi connectivity index (χ0n) is 20.5. The molecule has 2 saturated heterocycles. The minimum atomic E-state index is -1.99. The van der Waals surface area contributed by atoms with Crippen molar-refractivity contribution >= 4 is 11.9 Å². The van der Waals surface area contributed by atoms with Crippen molar-refractivity contribution in [3.05, 3.63) is 59.7 Å². The zero-order valence-corrected chi connectivity index (χ0v) is 20.5. The first-order valence-electron chi connectivity index (χ1n) is 12.0. The van der Waals surface area contributed by atoms with Crippen LogP contribution in [0.1, 0.15) is 15.9 Å². The molecule has 8 N–H and O–H groups in total. The van der Waals surface area contributed by atoms with Crippen LogP contribution in [0.25, 0.3) is 6.08 Å². The van der Waals surface area contributed by atoms with Crippen LogP contribution in [-0.4, -0.2) is 115 Å². The van der Waals surface area contributed by atoms with Gasteiger partial charge in [-0.1, -0.05) is 18.2 Å². The number of allylic oxidation sites excluding steroid dienone is 1. The summed E-state index contributed by atoms with van der Waals surface area (Å²) in [6.07, 6.45) is -7.74. The number of phenolic OH excluding ortho intramolecular Hbond substituents is 2. The number of carbonyl (C=O) groups is 1. The summed E-state index contributed by atoms with van der Waals surface area (Å²) >= 11 is 0. The maximum Gasteiger partial charge on any atom is 0.229 e. The van der Waals surface area contributed by atoms with E-state index in [1.165, 1.54) is 36.4 Å². The Balaban J connectivity index is 1.46. The summed E-state index contributed by atoms with van der Waals surface area (Å²) in [6.45, 7) is -1.91. The number of benzene rings is 2. The van der Waals surface area contributed by atoms with Gasteiger partial charge >= 0.3 is 0 Å². The number of carbonyl (C=O) groups excluding carboxylic acids is 1. The topological polar surface area (TPSA) is 216 Å². The normalized spacial score (nSPS) is 32.9. The van der Waals surface area contributed by atoms with E-state index in [0.717, 1.165) is 6.07 Å². The van der Waals surface area contributed by atoms with Crippen LogP contribution < -0.4 is 4.74 Å². The Morgan fingerprint density at radius 3 is 2.36 bits per heavy atom. The van der Waals surface area contributed by atoms with Crippen molar-refractivity contribution in [3.8, 4) is 17.2 Å². The quantitative estimate of drug-likeness (QED) is 0.134. The number of ketones is 1. The van der Waals surface area contributed by atoms with Gasteiger partial charge in [-0.3, -0.25) is 4.79 Å². The SMILES string of the molecule is O=C(/C=C/c1ccc(O[C@H]2O[C@@H](CO)[C@H](O)[C@@H](O)[C@@H]2O[C@H]2OC[C@@](O)(CO)[C@@H]2O)cc1)c1ccc(O)cc1O. The minimum absolute atomic E-state index is 0.0115. The smallest absolute Gasteiger partial charge is 0.229 e. The molecular formula is C26H30O13. The Hall–Kier alpha value is -3.11. The molecule has 2 heterocycles. The molecule has 13 nitrogen and oxygen atoms in total. The summed E-state index contributed by atoms with van der Waals surface area (Å²) < 4.78 is 22.2. The van der Waals surface area contributed by atoms with Crippen molar-refractivity contribution in [1.82, 2.24) is 0 Å². The van der Waals surface area contributed by atoms with Gasteiger partial charge in [-0.15, -0.1) is 0 Å². The largest absolute Gasteiger partial charge is 0.508 e. The van der Waals surface area contributed by atoms with Crippen LogP contribution in [0.2, 0.25) is 0 Å². The lowest BCUT2D eigenvalue weighted by Crippen LogP contribution is -2.62. The molecule has 4 rings (SSSR count). The number of ether oxygens (including phenoxy) is 4. The molecule has 2 aliphatic rings. The number of aromatic hydroxyl groups is 2. The number of hydrogen-bond acceptors (Lipinski definition) is 13. The Morgan fingerprint density at radius 2 is 1.74 bits per heavy atom. The van der Waals surface area contributed by atoms with Crippen LogP contribution >= 0.6 is 0 Å². The minimum Gasteiger partial charge on any atom is -0.508 e. The molecule has 0 saturated carbocycles. The predicted molar refractivity (Wildman–Crippen MR) is 131 cm³/mol. The molecule has 0 radical (unpaired) electrons. The molecular weight excluding hydrogens is 520 g/mol. The Morgan fingerprint density at radius 1 is 1.03 bits per heavy atom. The van der Waals surface area contributed by atoms with Crippen LogP contribution in [0.3, 0.4) is 0 Å². The molecule has 0 spiro atoms. The van der Waals surface area contributed by atoms with Gasteiger partial charge in [0.15, 0.2) is 18.2 Å². The van der Waals surface area contributed by atoms with Crippen molar-refractivity contribution < 1.29 is 64.6 Å². The third-order valence-electron chi connectivity index (χ3n) is 6.50. The fraction of sp³-hybridized carbons (Fsp3) is 0.423. The predicted octanol–water partition coefficient (Wildman–Crippen LogP) is -1.36. The Kier molecular flexibility index (Phi) is 8.86. The lowest BCUT2D eigenvalue weighted by Gasteiger charge is -2.42. The van der Waals surface area contributed by atoms with Crippen LogP contribution in [0.15, 0.2) is 48.5 Å². The molecule has 0 amide bonds. The summed E-state index contributed by atoms with van der Waals surface area (Å²) in [5.74, 6) is -0.810. The van der Waals surface area contributed by atoms with Crippen molar-refractivity contribution in [2.45, 2.75) is 48.7 Å². The Bertz CT molecular complexity index is 1170. The molecule has 2 aliphatic heterocycles. The second kappa shape index (κ2) is 12.0. The van der Waals surface area contributed by atoms with E-state index in [1.54, 1.807) is 12.1 Å². The molecule has 0 aliphatic carbocycles. The number of phenols is 2. The molecule has 2 aromatic rings. The fourth-order valence-corrected chi connectivity index (χ4v) is 4.14. The third kappa shape index (κ3) is 6.22. The first kappa shape index (κ1) is 28.9. The van der Waals surface area contributed by atoms with Crippen LogP contribution in [-0.2, 0) is 14.2 Å². The van der Waals surface area contributed by atoms with E-state index in [1.807, 2.05) is 0 Å². The highest BCUT2D eigenvalue weighted by atomic mass is 16.8. The molecule has 212 valence electrons. The van der Waals surface area contributed by atoms with E-state index in [0.29, 0.717) is 5.56 Å². The highest BCUT2D eigenvalue weighted by Crippen LogP contribution is 2.32. The first-order valence-corrected chi connectivity index (χ1v) is 12.0. The van der Waals surface area contributed by atoms with Crippen LogP contribution in [0, 0.1) is 0 Å². The monoisotopic (exact) mass is 550 g/mol. The molecule has 8 atom stereocenters. The van der Waals surface area contributed by atoms with E-state index in [9.17, 15) is 45.6 Å².